The molecule has 0 heterocycles. The van der Waals surface area contributed by atoms with Crippen LogP contribution in [0.2, 0.25) is 0 Å². The number of nitrogens with zero attached hydrogens (tertiary/aromatic N) is 3. The molecule has 0 bridgehead atoms. The molecule has 8 nitrogen and oxygen atoms in total. The number of allylic oxidation sites excluding steroid dienone is 1. The SMILES string of the molecule is C=C(C)c1cc(C#N)cc([N+](=O)[O-])c1O.CC(C)c1cc(C#N)cc(N)c1O. The summed E-state index contributed by atoms with van der Waals surface area (Å²) in [7, 11) is 0. The van der Waals surface area contributed by atoms with Gasteiger partial charge < -0.3 is 15.9 Å². The molecule has 8 heteroatoms. The highest BCUT2D eigenvalue weighted by atomic mass is 16.6. The average Bonchev–Trinajstić information content (AvgIpc) is 2.63. The largest absolute Gasteiger partial charge is 0.505 e. The number of hydrogen-bond donors (Lipinski definition) is 3. The van der Waals surface area contributed by atoms with E-state index in [0.29, 0.717) is 11.1 Å². The van der Waals surface area contributed by atoms with Crippen LogP contribution in [-0.4, -0.2) is 15.1 Å². The molecule has 0 saturated heterocycles. The first-order valence-corrected chi connectivity index (χ1v) is 8.13. The van der Waals surface area contributed by atoms with Gasteiger partial charge in [-0.05, 0) is 42.2 Å². The van der Waals surface area contributed by atoms with Crippen molar-refractivity contribution in [3.8, 4) is 23.6 Å². The molecular formula is C20H20N4O4. The lowest BCUT2D eigenvalue weighted by atomic mass is 9.99. The number of nitriles is 2. The van der Waals surface area contributed by atoms with Gasteiger partial charge in [-0.1, -0.05) is 20.4 Å². The van der Waals surface area contributed by atoms with Crippen molar-refractivity contribution in [2.75, 3.05) is 5.73 Å². The van der Waals surface area contributed by atoms with Gasteiger partial charge in [0.15, 0.2) is 0 Å². The van der Waals surface area contributed by atoms with Crippen LogP contribution in [0.25, 0.3) is 5.57 Å². The summed E-state index contributed by atoms with van der Waals surface area (Å²) in [4.78, 5) is 9.84. The molecule has 0 aromatic heterocycles. The second-order valence-electron chi connectivity index (χ2n) is 6.31. The van der Waals surface area contributed by atoms with E-state index < -0.39 is 16.4 Å². The Hall–Kier alpha value is -4.04. The molecule has 0 spiro atoms. The first-order chi connectivity index (χ1) is 13.0. The van der Waals surface area contributed by atoms with Gasteiger partial charge >= 0.3 is 5.69 Å². The molecule has 144 valence electrons. The van der Waals surface area contributed by atoms with Crippen LogP contribution < -0.4 is 5.73 Å². The van der Waals surface area contributed by atoms with Gasteiger partial charge in [0, 0.05) is 11.6 Å². The maximum Gasteiger partial charge on any atom is 0.312 e. The topological polar surface area (TPSA) is 157 Å². The molecule has 0 saturated carbocycles. The van der Waals surface area contributed by atoms with Gasteiger partial charge in [0.25, 0.3) is 0 Å². The number of nitrogen functional groups attached to an aromatic ring is 1. The third kappa shape index (κ3) is 4.99. The number of nitrogens with two attached hydrogens (primary N) is 1. The van der Waals surface area contributed by atoms with Gasteiger partial charge in [-0.15, -0.1) is 0 Å². The standard InChI is InChI=1S/C10H8N2O3.C10H12N2O/c1-6(2)8-3-7(5-11)4-9(10(8)13)12(14)15;1-6(2)8-3-7(5-11)4-9(12)10(8)13/h3-4,13H,1H2,2H3;3-4,6,13H,12H2,1-2H3. The lowest BCUT2D eigenvalue weighted by Gasteiger charge is -2.10. The average molecular weight is 380 g/mol. The first-order valence-electron chi connectivity index (χ1n) is 8.13. The highest BCUT2D eigenvalue weighted by Crippen LogP contribution is 2.34. The molecule has 2 aromatic carbocycles. The number of anilines is 1. The van der Waals surface area contributed by atoms with Gasteiger partial charge in [0.2, 0.25) is 5.75 Å². The van der Waals surface area contributed by atoms with E-state index in [-0.39, 0.29) is 28.5 Å². The number of phenols is 2. The fourth-order valence-electron chi connectivity index (χ4n) is 2.33. The fourth-order valence-corrected chi connectivity index (χ4v) is 2.33. The van der Waals surface area contributed by atoms with E-state index in [1.165, 1.54) is 12.1 Å². The highest BCUT2D eigenvalue weighted by molar-refractivity contribution is 5.73. The predicted molar refractivity (Wildman–Crippen MR) is 106 cm³/mol. The lowest BCUT2D eigenvalue weighted by Crippen LogP contribution is -1.95. The Morgan fingerprint density at radius 3 is 2.11 bits per heavy atom. The van der Waals surface area contributed by atoms with Gasteiger partial charge in [0.05, 0.1) is 33.9 Å². The third-order valence-corrected chi connectivity index (χ3v) is 3.80. The van der Waals surface area contributed by atoms with E-state index in [4.69, 9.17) is 16.3 Å². The molecule has 0 fully saturated rings. The van der Waals surface area contributed by atoms with Crippen molar-refractivity contribution in [2.24, 2.45) is 0 Å². The number of benzene rings is 2. The molecule has 0 aliphatic carbocycles. The molecular weight excluding hydrogens is 360 g/mol. The Kier molecular flexibility index (Phi) is 7.12. The van der Waals surface area contributed by atoms with Gasteiger partial charge in [0.1, 0.15) is 5.75 Å². The van der Waals surface area contributed by atoms with E-state index in [1.54, 1.807) is 19.1 Å². The summed E-state index contributed by atoms with van der Waals surface area (Å²) in [5, 5.41) is 47.0. The number of nitro benzene ring substituents is 1. The number of nitro groups is 1. The Bertz CT molecular complexity index is 979. The number of aromatic hydroxyl groups is 2. The molecule has 0 amide bonds. The number of rotatable bonds is 3. The molecule has 0 aliphatic rings. The Balaban J connectivity index is 0.000000283. The highest BCUT2D eigenvalue weighted by Gasteiger charge is 2.19. The normalized spacial score (nSPS) is 9.64. The molecule has 0 unspecified atom stereocenters. The molecule has 2 rings (SSSR count). The van der Waals surface area contributed by atoms with Crippen LogP contribution in [0, 0.1) is 32.8 Å². The summed E-state index contributed by atoms with van der Waals surface area (Å²) in [6.07, 6.45) is 0. The van der Waals surface area contributed by atoms with Crippen LogP contribution in [0.4, 0.5) is 11.4 Å². The monoisotopic (exact) mass is 380 g/mol. The van der Waals surface area contributed by atoms with Crippen LogP contribution in [0.15, 0.2) is 30.8 Å². The third-order valence-electron chi connectivity index (χ3n) is 3.80. The minimum Gasteiger partial charge on any atom is -0.505 e. The summed E-state index contributed by atoms with van der Waals surface area (Å²) in [6, 6.07) is 9.32. The van der Waals surface area contributed by atoms with Crippen molar-refractivity contribution < 1.29 is 15.1 Å². The quantitative estimate of drug-likeness (QED) is 0.312. The van der Waals surface area contributed by atoms with Crippen LogP contribution in [0.5, 0.6) is 11.5 Å². The molecule has 4 N–H and O–H groups in total. The second kappa shape index (κ2) is 9.06. The number of phenolic OH excluding ortho intramolecular Hbond substituents is 2. The maximum absolute atomic E-state index is 10.6. The van der Waals surface area contributed by atoms with E-state index in [9.17, 15) is 20.3 Å². The van der Waals surface area contributed by atoms with Crippen molar-refractivity contribution in [3.63, 3.8) is 0 Å². The summed E-state index contributed by atoms with van der Waals surface area (Å²) >= 11 is 0. The van der Waals surface area contributed by atoms with Crippen molar-refractivity contribution in [3.05, 3.63) is 63.2 Å². The van der Waals surface area contributed by atoms with Crippen molar-refractivity contribution in [1.82, 2.24) is 0 Å². The molecule has 2 aromatic rings. The Morgan fingerprint density at radius 1 is 1.14 bits per heavy atom. The van der Waals surface area contributed by atoms with Crippen LogP contribution in [0.3, 0.4) is 0 Å². The minimum absolute atomic E-state index is 0.0917. The number of hydrogen-bond acceptors (Lipinski definition) is 7. The summed E-state index contributed by atoms with van der Waals surface area (Å²) in [5.74, 6) is -0.198. The van der Waals surface area contributed by atoms with Crippen LogP contribution in [0.1, 0.15) is 48.9 Å². The molecule has 0 atom stereocenters. The van der Waals surface area contributed by atoms with Crippen LogP contribution >= 0.6 is 0 Å². The molecule has 0 radical (unpaired) electrons. The zero-order chi connectivity index (χ0) is 21.6. The zero-order valence-corrected chi connectivity index (χ0v) is 15.7. The zero-order valence-electron chi connectivity index (χ0n) is 15.7. The summed E-state index contributed by atoms with van der Waals surface area (Å²) in [6.45, 7) is 9.05. The van der Waals surface area contributed by atoms with Crippen molar-refractivity contribution >= 4 is 16.9 Å². The second-order valence-corrected chi connectivity index (χ2v) is 6.31. The van der Waals surface area contributed by atoms with E-state index in [2.05, 4.69) is 6.58 Å². The van der Waals surface area contributed by atoms with Crippen molar-refractivity contribution in [2.45, 2.75) is 26.7 Å². The Morgan fingerprint density at radius 2 is 1.68 bits per heavy atom. The van der Waals surface area contributed by atoms with Gasteiger partial charge in [-0.25, -0.2) is 0 Å². The molecule has 28 heavy (non-hydrogen) atoms. The fraction of sp³-hybridized carbons (Fsp3) is 0.200. The minimum atomic E-state index is -0.734. The lowest BCUT2D eigenvalue weighted by molar-refractivity contribution is -0.385. The van der Waals surface area contributed by atoms with Crippen molar-refractivity contribution in [1.29, 1.82) is 10.5 Å². The maximum atomic E-state index is 10.6. The van der Waals surface area contributed by atoms with E-state index in [1.807, 2.05) is 19.9 Å². The summed E-state index contributed by atoms with van der Waals surface area (Å²) in [5.41, 5.74) is 7.34. The van der Waals surface area contributed by atoms with E-state index >= 15 is 0 Å². The Labute approximate surface area is 162 Å². The van der Waals surface area contributed by atoms with Gasteiger partial charge in [-0.3, -0.25) is 10.1 Å². The van der Waals surface area contributed by atoms with E-state index in [0.717, 1.165) is 11.6 Å². The smallest absolute Gasteiger partial charge is 0.312 e. The van der Waals surface area contributed by atoms with Gasteiger partial charge in [-0.2, -0.15) is 10.5 Å². The molecule has 0 aliphatic heterocycles. The predicted octanol–water partition coefficient (Wildman–Crippen LogP) is 4.17. The van der Waals surface area contributed by atoms with Crippen LogP contribution in [-0.2, 0) is 0 Å². The summed E-state index contributed by atoms with van der Waals surface area (Å²) < 4.78 is 0. The first kappa shape index (κ1) is 22.0.